The summed E-state index contributed by atoms with van der Waals surface area (Å²) in [6, 6.07) is 8.52. The van der Waals surface area contributed by atoms with Crippen molar-refractivity contribution in [2.45, 2.75) is 65.7 Å². The molecule has 0 spiro atoms. The van der Waals surface area contributed by atoms with Gasteiger partial charge in [-0.2, -0.15) is 0 Å². The van der Waals surface area contributed by atoms with Crippen LogP contribution in [-0.4, -0.2) is 68.9 Å². The van der Waals surface area contributed by atoms with Crippen molar-refractivity contribution in [2.75, 3.05) is 26.2 Å². The van der Waals surface area contributed by atoms with E-state index in [-0.39, 0.29) is 23.1 Å². The molecule has 0 N–H and O–H groups in total. The normalized spacial score (nSPS) is 18.6. The molecular formula is C22H34N4O2. The standard InChI is InChI=1S/C22H34N4O2/c1-21(2,3)25-13-11-23(19(25)27)15-17-7-9-18(10-8-17)16-24-12-14-26(20(24)28)22(4,5)6/h7-10H,11-16H2,1-6H3. The van der Waals surface area contributed by atoms with Crippen LogP contribution < -0.4 is 0 Å². The zero-order valence-corrected chi connectivity index (χ0v) is 18.2. The fourth-order valence-electron chi connectivity index (χ4n) is 3.89. The molecule has 0 unspecified atom stereocenters. The molecule has 6 nitrogen and oxygen atoms in total. The molecule has 0 saturated carbocycles. The van der Waals surface area contributed by atoms with E-state index < -0.39 is 0 Å². The number of nitrogens with zero attached hydrogens (tertiary/aromatic N) is 4. The van der Waals surface area contributed by atoms with Crippen LogP contribution in [0.15, 0.2) is 24.3 Å². The monoisotopic (exact) mass is 386 g/mol. The van der Waals surface area contributed by atoms with Gasteiger partial charge in [-0.1, -0.05) is 24.3 Å². The number of carbonyl (C=O) groups is 2. The topological polar surface area (TPSA) is 47.1 Å². The Morgan fingerprint density at radius 2 is 0.964 bits per heavy atom. The highest BCUT2D eigenvalue weighted by Crippen LogP contribution is 2.24. The van der Waals surface area contributed by atoms with E-state index in [9.17, 15) is 9.59 Å². The second-order valence-electron chi connectivity index (χ2n) is 9.87. The minimum absolute atomic E-state index is 0.113. The summed E-state index contributed by atoms with van der Waals surface area (Å²) in [4.78, 5) is 32.9. The van der Waals surface area contributed by atoms with Gasteiger partial charge in [0.05, 0.1) is 0 Å². The highest BCUT2D eigenvalue weighted by atomic mass is 16.2. The van der Waals surface area contributed by atoms with E-state index in [4.69, 9.17) is 0 Å². The van der Waals surface area contributed by atoms with Crippen LogP contribution in [0.1, 0.15) is 52.7 Å². The van der Waals surface area contributed by atoms with Crippen molar-refractivity contribution in [1.29, 1.82) is 0 Å². The van der Waals surface area contributed by atoms with Gasteiger partial charge >= 0.3 is 12.1 Å². The first kappa shape index (κ1) is 20.5. The lowest BCUT2D eigenvalue weighted by Gasteiger charge is -2.31. The number of rotatable bonds is 4. The van der Waals surface area contributed by atoms with E-state index in [0.29, 0.717) is 13.1 Å². The van der Waals surface area contributed by atoms with Gasteiger partial charge in [-0.05, 0) is 52.7 Å². The molecule has 6 heteroatoms. The summed E-state index contributed by atoms with van der Waals surface area (Å²) in [5.74, 6) is 0. The van der Waals surface area contributed by atoms with Gasteiger partial charge in [-0.25, -0.2) is 9.59 Å². The van der Waals surface area contributed by atoms with Crippen molar-refractivity contribution in [3.8, 4) is 0 Å². The smallest absolute Gasteiger partial charge is 0.319 e. The summed E-state index contributed by atoms with van der Waals surface area (Å²) in [6.45, 7) is 16.8. The second-order valence-corrected chi connectivity index (χ2v) is 9.87. The Labute approximate surface area is 169 Å². The van der Waals surface area contributed by atoms with Gasteiger partial charge < -0.3 is 19.6 Å². The van der Waals surface area contributed by atoms with Crippen molar-refractivity contribution in [3.63, 3.8) is 0 Å². The number of hydrogen-bond acceptors (Lipinski definition) is 2. The minimum atomic E-state index is -0.140. The predicted octanol–water partition coefficient (Wildman–Crippen LogP) is 3.76. The highest BCUT2D eigenvalue weighted by molar-refractivity contribution is 5.78. The van der Waals surface area contributed by atoms with Gasteiger partial charge in [-0.15, -0.1) is 0 Å². The van der Waals surface area contributed by atoms with E-state index in [0.717, 1.165) is 37.3 Å². The molecule has 0 atom stereocenters. The van der Waals surface area contributed by atoms with E-state index in [1.165, 1.54) is 0 Å². The van der Waals surface area contributed by atoms with E-state index in [1.54, 1.807) is 0 Å². The Bertz CT molecular complexity index is 667. The maximum Gasteiger partial charge on any atom is 0.320 e. The Balaban J connectivity index is 1.58. The predicted molar refractivity (Wildman–Crippen MR) is 111 cm³/mol. The van der Waals surface area contributed by atoms with Gasteiger partial charge in [0.15, 0.2) is 0 Å². The summed E-state index contributed by atoms with van der Waals surface area (Å²) in [6.07, 6.45) is 0. The van der Waals surface area contributed by atoms with Crippen molar-refractivity contribution in [2.24, 2.45) is 0 Å². The van der Waals surface area contributed by atoms with Crippen molar-refractivity contribution in [1.82, 2.24) is 19.6 Å². The molecule has 1 aromatic rings. The van der Waals surface area contributed by atoms with E-state index >= 15 is 0 Å². The molecule has 4 amide bonds. The van der Waals surface area contributed by atoms with E-state index in [2.05, 4.69) is 65.8 Å². The third kappa shape index (κ3) is 4.26. The molecule has 2 aliphatic rings. The molecule has 0 aliphatic carbocycles. The van der Waals surface area contributed by atoms with Crippen LogP contribution in [0.3, 0.4) is 0 Å². The SMILES string of the molecule is CC(C)(C)N1CCN(Cc2ccc(CN3CCN(C(C)(C)C)C3=O)cc2)C1=O. The van der Waals surface area contributed by atoms with Crippen LogP contribution in [0, 0.1) is 0 Å². The number of urea groups is 2. The molecule has 0 aromatic heterocycles. The molecule has 0 radical (unpaired) electrons. The lowest BCUT2D eigenvalue weighted by Crippen LogP contribution is -2.44. The summed E-state index contributed by atoms with van der Waals surface area (Å²) in [5, 5.41) is 0. The first-order valence-electron chi connectivity index (χ1n) is 10.2. The average Bonchev–Trinajstić information content (AvgIpc) is 3.12. The second kappa shape index (κ2) is 7.30. The molecule has 2 aliphatic heterocycles. The highest BCUT2D eigenvalue weighted by Gasteiger charge is 2.36. The molecular weight excluding hydrogens is 352 g/mol. The van der Waals surface area contributed by atoms with Gasteiger partial charge in [0.2, 0.25) is 0 Å². The van der Waals surface area contributed by atoms with E-state index in [1.807, 2.05) is 19.6 Å². The van der Waals surface area contributed by atoms with Crippen LogP contribution in [0.5, 0.6) is 0 Å². The molecule has 28 heavy (non-hydrogen) atoms. The molecule has 0 bridgehead atoms. The number of carbonyl (C=O) groups excluding carboxylic acids is 2. The molecule has 2 heterocycles. The van der Waals surface area contributed by atoms with Gasteiger partial charge in [-0.3, -0.25) is 0 Å². The number of amides is 4. The fourth-order valence-corrected chi connectivity index (χ4v) is 3.89. The molecule has 1 aromatic carbocycles. The first-order valence-corrected chi connectivity index (χ1v) is 10.2. The molecule has 2 saturated heterocycles. The van der Waals surface area contributed by atoms with Crippen LogP contribution in [0.2, 0.25) is 0 Å². The zero-order chi connectivity index (χ0) is 20.7. The maximum absolute atomic E-state index is 12.6. The average molecular weight is 387 g/mol. The molecule has 154 valence electrons. The van der Waals surface area contributed by atoms with Crippen LogP contribution >= 0.6 is 0 Å². The third-order valence-electron chi connectivity index (χ3n) is 5.58. The summed E-state index contributed by atoms with van der Waals surface area (Å²) >= 11 is 0. The minimum Gasteiger partial charge on any atom is -0.319 e. The van der Waals surface area contributed by atoms with Gasteiger partial charge in [0.25, 0.3) is 0 Å². The number of benzene rings is 1. The Morgan fingerprint density at radius 3 is 1.21 bits per heavy atom. The molecule has 2 fully saturated rings. The third-order valence-corrected chi connectivity index (χ3v) is 5.58. The van der Waals surface area contributed by atoms with Crippen LogP contribution in [0.25, 0.3) is 0 Å². The summed E-state index contributed by atoms with van der Waals surface area (Å²) < 4.78 is 0. The van der Waals surface area contributed by atoms with Crippen LogP contribution in [-0.2, 0) is 13.1 Å². The summed E-state index contributed by atoms with van der Waals surface area (Å²) in [5.41, 5.74) is 1.96. The van der Waals surface area contributed by atoms with Crippen molar-refractivity contribution < 1.29 is 9.59 Å². The van der Waals surface area contributed by atoms with Gasteiger partial charge in [0.1, 0.15) is 0 Å². The quantitative estimate of drug-likeness (QED) is 0.791. The number of hydrogen-bond donors (Lipinski definition) is 0. The van der Waals surface area contributed by atoms with Crippen molar-refractivity contribution in [3.05, 3.63) is 35.4 Å². The van der Waals surface area contributed by atoms with Crippen molar-refractivity contribution >= 4 is 12.1 Å². The van der Waals surface area contributed by atoms with Crippen LogP contribution in [0.4, 0.5) is 9.59 Å². The fraction of sp³-hybridized carbons (Fsp3) is 0.636. The summed E-state index contributed by atoms with van der Waals surface area (Å²) in [7, 11) is 0. The maximum atomic E-state index is 12.6. The molecule has 3 rings (SSSR count). The Morgan fingerprint density at radius 1 is 0.643 bits per heavy atom. The van der Waals surface area contributed by atoms with Gasteiger partial charge in [0, 0.05) is 50.3 Å². The Hall–Kier alpha value is -2.24. The zero-order valence-electron chi connectivity index (χ0n) is 18.2. The Kier molecular flexibility index (Phi) is 5.34. The lowest BCUT2D eigenvalue weighted by atomic mass is 10.1. The largest absolute Gasteiger partial charge is 0.320 e. The first-order chi connectivity index (χ1) is 13.0. The lowest BCUT2D eigenvalue weighted by molar-refractivity contribution is 0.153.